The van der Waals surface area contributed by atoms with E-state index < -0.39 is 0 Å². The van der Waals surface area contributed by atoms with E-state index in [1.807, 2.05) is 35.0 Å². The van der Waals surface area contributed by atoms with Crippen molar-refractivity contribution >= 4 is 34.8 Å². The van der Waals surface area contributed by atoms with E-state index in [-0.39, 0.29) is 5.91 Å². The Labute approximate surface area is 155 Å². The summed E-state index contributed by atoms with van der Waals surface area (Å²) in [7, 11) is 0. The highest BCUT2D eigenvalue weighted by Crippen LogP contribution is 2.27. The van der Waals surface area contributed by atoms with Crippen molar-refractivity contribution in [3.63, 3.8) is 0 Å². The number of imidazole rings is 1. The highest BCUT2D eigenvalue weighted by atomic mass is 35.5. The lowest BCUT2D eigenvalue weighted by Crippen LogP contribution is -2.23. The number of nitrogens with zero attached hydrogens (tertiary/aromatic N) is 2. The predicted molar refractivity (Wildman–Crippen MR) is 98.2 cm³/mol. The number of amides is 1. The van der Waals surface area contributed by atoms with Gasteiger partial charge in [0.2, 0.25) is 5.91 Å². The Bertz CT molecular complexity index is 847. The molecule has 0 aliphatic heterocycles. The quantitative estimate of drug-likeness (QED) is 0.630. The summed E-state index contributed by atoms with van der Waals surface area (Å²) < 4.78 is 7.48. The third-order valence-electron chi connectivity index (χ3n) is 3.58. The number of rotatable bonds is 7. The van der Waals surface area contributed by atoms with Crippen LogP contribution in [0.1, 0.15) is 18.5 Å². The second kappa shape index (κ2) is 8.23. The monoisotopic (exact) mass is 377 g/mol. The Morgan fingerprint density at radius 1 is 1.24 bits per heavy atom. The molecule has 0 aliphatic rings. The number of ether oxygens (including phenoxy) is 1. The van der Waals surface area contributed by atoms with Gasteiger partial charge in [-0.2, -0.15) is 0 Å². The van der Waals surface area contributed by atoms with E-state index in [4.69, 9.17) is 27.9 Å². The van der Waals surface area contributed by atoms with Crippen LogP contribution in [-0.2, 0) is 11.3 Å². The molecule has 1 N–H and O–H groups in total. The molecule has 0 atom stereocenters. The van der Waals surface area contributed by atoms with E-state index in [9.17, 15) is 4.79 Å². The average molecular weight is 378 g/mol. The van der Waals surface area contributed by atoms with Gasteiger partial charge >= 0.3 is 0 Å². The van der Waals surface area contributed by atoms with Crippen molar-refractivity contribution in [2.45, 2.75) is 19.4 Å². The maximum Gasteiger partial charge on any atom is 0.220 e. The van der Waals surface area contributed by atoms with Crippen molar-refractivity contribution in [2.75, 3.05) is 6.61 Å². The second-order valence-corrected chi connectivity index (χ2v) is 6.35. The molecule has 0 unspecified atom stereocenters. The van der Waals surface area contributed by atoms with Crippen LogP contribution in [0.2, 0.25) is 10.0 Å². The number of hydrogen-bond donors (Lipinski definition) is 1. The van der Waals surface area contributed by atoms with E-state index in [0.29, 0.717) is 41.8 Å². The number of aromatic nitrogens is 2. The molecule has 0 bridgehead atoms. The Morgan fingerprint density at radius 2 is 2.12 bits per heavy atom. The van der Waals surface area contributed by atoms with Crippen molar-refractivity contribution in [3.05, 3.63) is 64.5 Å². The third-order valence-corrected chi connectivity index (χ3v) is 4.11. The van der Waals surface area contributed by atoms with Crippen LogP contribution in [0.5, 0.6) is 5.75 Å². The summed E-state index contributed by atoms with van der Waals surface area (Å²) in [5.41, 5.74) is 1.68. The first-order chi connectivity index (χ1) is 12.1. The number of halogens is 2. The second-order valence-electron chi connectivity index (χ2n) is 5.50. The van der Waals surface area contributed by atoms with Crippen LogP contribution in [0.15, 0.2) is 48.8 Å². The average Bonchev–Trinajstić information content (AvgIpc) is 3.01. The lowest BCUT2D eigenvalue weighted by molar-refractivity contribution is -0.121. The van der Waals surface area contributed by atoms with E-state index in [0.717, 1.165) is 11.3 Å². The van der Waals surface area contributed by atoms with Gasteiger partial charge in [-0.1, -0.05) is 29.3 Å². The summed E-state index contributed by atoms with van der Waals surface area (Å²) in [6, 6.07) is 10.8. The normalized spacial score (nSPS) is 10.8. The lowest BCUT2D eigenvalue weighted by atomic mass is 10.3. The van der Waals surface area contributed by atoms with E-state index in [1.165, 1.54) is 0 Å². The highest BCUT2D eigenvalue weighted by molar-refractivity contribution is 6.35. The van der Waals surface area contributed by atoms with Crippen molar-refractivity contribution in [3.8, 4) is 5.75 Å². The molecule has 130 valence electrons. The molecule has 1 amide bonds. The van der Waals surface area contributed by atoms with Gasteiger partial charge < -0.3 is 14.5 Å². The molecule has 0 aliphatic carbocycles. The molecule has 0 spiro atoms. The van der Waals surface area contributed by atoms with Crippen molar-refractivity contribution < 1.29 is 9.53 Å². The molecular formula is C18H17Cl2N3O2. The smallest absolute Gasteiger partial charge is 0.220 e. The number of carbonyl (C=O) groups is 1. The highest BCUT2D eigenvalue weighted by Gasteiger charge is 2.06. The molecule has 3 aromatic rings. The van der Waals surface area contributed by atoms with Crippen LogP contribution in [0.4, 0.5) is 0 Å². The fourth-order valence-electron chi connectivity index (χ4n) is 2.36. The Hall–Kier alpha value is -2.24. The summed E-state index contributed by atoms with van der Waals surface area (Å²) in [6.45, 7) is 0.813. The molecule has 5 nitrogen and oxygen atoms in total. The minimum Gasteiger partial charge on any atom is -0.492 e. The fraction of sp³-hybridized carbons (Fsp3) is 0.222. The maximum absolute atomic E-state index is 11.9. The van der Waals surface area contributed by atoms with Gasteiger partial charge in [0.05, 0.1) is 23.9 Å². The Kier molecular flexibility index (Phi) is 5.79. The molecule has 25 heavy (non-hydrogen) atoms. The third kappa shape index (κ3) is 4.87. The van der Waals surface area contributed by atoms with Gasteiger partial charge in [-0.3, -0.25) is 4.79 Å². The van der Waals surface area contributed by atoms with Gasteiger partial charge in [0.15, 0.2) is 0 Å². The van der Waals surface area contributed by atoms with Gasteiger partial charge in [-0.15, -0.1) is 0 Å². The van der Waals surface area contributed by atoms with E-state index in [1.54, 1.807) is 18.2 Å². The van der Waals surface area contributed by atoms with Gasteiger partial charge in [0, 0.05) is 23.8 Å². The molecule has 0 saturated carbocycles. The zero-order valence-electron chi connectivity index (χ0n) is 13.4. The number of nitrogens with one attached hydrogen (secondary N) is 1. The van der Waals surface area contributed by atoms with Crippen LogP contribution in [-0.4, -0.2) is 21.9 Å². The number of fused-ring (bicyclic) bond motifs is 1. The summed E-state index contributed by atoms with van der Waals surface area (Å²) >= 11 is 11.9. The zero-order chi connectivity index (χ0) is 17.6. The Balaban J connectivity index is 1.39. The topological polar surface area (TPSA) is 55.6 Å². The zero-order valence-corrected chi connectivity index (χ0v) is 14.9. The first kappa shape index (κ1) is 17.6. The minimum atomic E-state index is -0.0390. The SMILES string of the molecule is O=C(CCCOc1ccc(Cl)cc1Cl)NCc1cn2ccccc2n1. The number of carbonyl (C=O) groups excluding carboxylic acids is 1. The fourth-order valence-corrected chi connectivity index (χ4v) is 2.82. The maximum atomic E-state index is 11.9. The first-order valence-electron chi connectivity index (χ1n) is 7.89. The number of benzene rings is 1. The number of pyridine rings is 1. The van der Waals surface area contributed by atoms with Crippen LogP contribution >= 0.6 is 23.2 Å². The summed E-state index contributed by atoms with van der Waals surface area (Å²) in [6.07, 6.45) is 4.79. The molecule has 2 aromatic heterocycles. The van der Waals surface area contributed by atoms with Crippen LogP contribution < -0.4 is 10.1 Å². The molecular weight excluding hydrogens is 361 g/mol. The summed E-state index contributed by atoms with van der Waals surface area (Å²) in [4.78, 5) is 16.3. The largest absolute Gasteiger partial charge is 0.492 e. The van der Waals surface area contributed by atoms with Crippen LogP contribution in [0.25, 0.3) is 5.65 Å². The summed E-state index contributed by atoms with van der Waals surface area (Å²) in [5, 5.41) is 3.88. The molecule has 3 rings (SSSR count). The molecule has 0 radical (unpaired) electrons. The van der Waals surface area contributed by atoms with Gasteiger partial charge in [-0.25, -0.2) is 4.98 Å². The standard InChI is InChI=1S/C18H17Cl2N3O2/c19-13-6-7-16(15(20)10-13)25-9-3-5-18(24)21-11-14-12-23-8-2-1-4-17(23)22-14/h1-2,4,6-8,10,12H,3,5,9,11H2,(H,21,24). The summed E-state index contributed by atoms with van der Waals surface area (Å²) in [5.74, 6) is 0.527. The van der Waals surface area contributed by atoms with Crippen molar-refractivity contribution in [2.24, 2.45) is 0 Å². The van der Waals surface area contributed by atoms with E-state index in [2.05, 4.69) is 10.3 Å². The van der Waals surface area contributed by atoms with Crippen LogP contribution in [0.3, 0.4) is 0 Å². The van der Waals surface area contributed by atoms with Crippen molar-refractivity contribution in [1.29, 1.82) is 0 Å². The Morgan fingerprint density at radius 3 is 2.92 bits per heavy atom. The first-order valence-corrected chi connectivity index (χ1v) is 8.64. The molecule has 0 saturated heterocycles. The molecule has 7 heteroatoms. The van der Waals surface area contributed by atoms with E-state index >= 15 is 0 Å². The minimum absolute atomic E-state index is 0.0390. The van der Waals surface area contributed by atoms with Gasteiger partial charge in [-0.05, 0) is 36.8 Å². The molecule has 1 aromatic carbocycles. The number of hydrogen-bond acceptors (Lipinski definition) is 3. The lowest BCUT2D eigenvalue weighted by Gasteiger charge is -2.08. The van der Waals surface area contributed by atoms with Crippen molar-refractivity contribution in [1.82, 2.24) is 14.7 Å². The predicted octanol–water partition coefficient (Wildman–Crippen LogP) is 4.12. The van der Waals surface area contributed by atoms with Crippen LogP contribution in [0, 0.1) is 0 Å². The molecule has 0 fully saturated rings. The van der Waals surface area contributed by atoms with Gasteiger partial charge in [0.25, 0.3) is 0 Å². The molecule has 2 heterocycles. The van der Waals surface area contributed by atoms with Gasteiger partial charge in [0.1, 0.15) is 11.4 Å².